The van der Waals surface area contributed by atoms with Gasteiger partial charge < -0.3 is 9.67 Å². The van der Waals surface area contributed by atoms with Gasteiger partial charge in [-0.25, -0.2) is 0 Å². The molecule has 0 saturated carbocycles. The molecule has 1 aliphatic heterocycles. The van der Waals surface area contributed by atoms with Crippen LogP contribution in [0.15, 0.2) is 17.1 Å². The van der Waals surface area contributed by atoms with E-state index < -0.39 is 0 Å². The zero-order chi connectivity index (χ0) is 15.8. The minimum absolute atomic E-state index is 0.130. The van der Waals surface area contributed by atoms with Crippen molar-refractivity contribution >= 4 is 0 Å². The van der Waals surface area contributed by atoms with Crippen LogP contribution in [0.5, 0.6) is 5.75 Å². The summed E-state index contributed by atoms with van der Waals surface area (Å²) in [5.41, 5.74) is 0.788. The molecule has 1 fully saturated rings. The van der Waals surface area contributed by atoms with Gasteiger partial charge in [-0.2, -0.15) is 0 Å². The van der Waals surface area contributed by atoms with Crippen LogP contribution in [-0.2, 0) is 13.1 Å². The molecule has 124 valence electrons. The van der Waals surface area contributed by atoms with Gasteiger partial charge in [0.1, 0.15) is 0 Å². The lowest BCUT2D eigenvalue weighted by molar-refractivity contribution is 0.267. The van der Waals surface area contributed by atoms with E-state index >= 15 is 0 Å². The van der Waals surface area contributed by atoms with E-state index in [1.165, 1.54) is 44.9 Å². The van der Waals surface area contributed by atoms with Crippen molar-refractivity contribution in [2.45, 2.75) is 71.4 Å². The van der Waals surface area contributed by atoms with Gasteiger partial charge in [-0.1, -0.05) is 39.0 Å². The van der Waals surface area contributed by atoms with Crippen molar-refractivity contribution in [3.8, 4) is 5.75 Å². The number of nitrogens with zero attached hydrogens (tertiary/aromatic N) is 2. The van der Waals surface area contributed by atoms with Crippen LogP contribution in [0.2, 0.25) is 0 Å². The van der Waals surface area contributed by atoms with Gasteiger partial charge in [-0.05, 0) is 32.4 Å². The predicted molar refractivity (Wildman–Crippen MR) is 90.3 cm³/mol. The molecule has 0 bridgehead atoms. The molecule has 1 aromatic heterocycles. The van der Waals surface area contributed by atoms with Crippen LogP contribution in [0.25, 0.3) is 0 Å². The molecule has 2 heterocycles. The third kappa shape index (κ3) is 5.16. The smallest absolute Gasteiger partial charge is 0.223 e. The molecule has 0 amide bonds. The van der Waals surface area contributed by atoms with Crippen LogP contribution >= 0.6 is 0 Å². The Morgan fingerprint density at radius 1 is 1.09 bits per heavy atom. The summed E-state index contributed by atoms with van der Waals surface area (Å²) in [6.45, 7) is 6.14. The predicted octanol–water partition coefficient (Wildman–Crippen LogP) is 3.51. The second kappa shape index (κ2) is 8.99. The van der Waals surface area contributed by atoms with E-state index in [-0.39, 0.29) is 11.2 Å². The van der Waals surface area contributed by atoms with Crippen molar-refractivity contribution in [3.63, 3.8) is 0 Å². The molecule has 0 aliphatic carbocycles. The molecule has 4 nitrogen and oxygen atoms in total. The molecule has 22 heavy (non-hydrogen) atoms. The second-order valence-electron chi connectivity index (χ2n) is 6.46. The van der Waals surface area contributed by atoms with Crippen LogP contribution in [0, 0.1) is 0 Å². The number of rotatable bonds is 7. The fourth-order valence-electron chi connectivity index (χ4n) is 3.18. The average molecular weight is 306 g/mol. The number of pyridine rings is 1. The standard InChI is InChI=1S/C18H30N2O2/c1-2-3-4-9-12-20-15-18(22)17(21)13-16(20)14-19-10-7-5-6-8-11-19/h13,15,22H,2-12,14H2,1H3. The number of aromatic nitrogens is 1. The molecule has 1 aliphatic rings. The van der Waals surface area contributed by atoms with Crippen molar-refractivity contribution in [3.05, 3.63) is 28.2 Å². The molecule has 1 saturated heterocycles. The summed E-state index contributed by atoms with van der Waals surface area (Å²) >= 11 is 0. The third-order valence-corrected chi connectivity index (χ3v) is 4.53. The van der Waals surface area contributed by atoms with Crippen molar-refractivity contribution in [2.24, 2.45) is 0 Å². The Kier molecular flexibility index (Phi) is 6.97. The number of hydrogen-bond acceptors (Lipinski definition) is 3. The Morgan fingerprint density at radius 3 is 2.50 bits per heavy atom. The topological polar surface area (TPSA) is 45.5 Å². The van der Waals surface area contributed by atoms with Crippen molar-refractivity contribution in [1.82, 2.24) is 9.47 Å². The Labute approximate surface area is 133 Å². The Hall–Kier alpha value is -1.29. The molecular formula is C18H30N2O2. The highest BCUT2D eigenvalue weighted by Gasteiger charge is 2.13. The lowest BCUT2D eigenvalue weighted by Gasteiger charge is -2.22. The molecular weight excluding hydrogens is 276 g/mol. The highest BCUT2D eigenvalue weighted by Crippen LogP contribution is 2.15. The number of likely N-dealkylation sites (tertiary alicyclic amines) is 1. The van der Waals surface area contributed by atoms with E-state index in [4.69, 9.17) is 0 Å². The normalized spacial score (nSPS) is 16.6. The van der Waals surface area contributed by atoms with Crippen molar-refractivity contribution < 1.29 is 5.11 Å². The van der Waals surface area contributed by atoms with Gasteiger partial charge in [0.15, 0.2) is 5.75 Å². The average Bonchev–Trinajstić information content (AvgIpc) is 2.77. The van der Waals surface area contributed by atoms with Crippen LogP contribution in [0.1, 0.15) is 64.0 Å². The minimum atomic E-state index is -0.255. The quantitative estimate of drug-likeness (QED) is 0.784. The number of aryl methyl sites for hydroxylation is 1. The van der Waals surface area contributed by atoms with Crippen LogP contribution in [0.4, 0.5) is 0 Å². The first-order valence-electron chi connectivity index (χ1n) is 8.85. The van der Waals surface area contributed by atoms with E-state index in [2.05, 4.69) is 16.4 Å². The lowest BCUT2D eigenvalue weighted by Crippen LogP contribution is -2.27. The van der Waals surface area contributed by atoms with Crippen LogP contribution in [0.3, 0.4) is 0 Å². The monoisotopic (exact) mass is 306 g/mol. The highest BCUT2D eigenvalue weighted by molar-refractivity contribution is 5.20. The molecule has 4 heteroatoms. The second-order valence-corrected chi connectivity index (χ2v) is 6.46. The van der Waals surface area contributed by atoms with Gasteiger partial charge in [-0.15, -0.1) is 0 Å². The first-order chi connectivity index (χ1) is 10.7. The van der Waals surface area contributed by atoms with Crippen molar-refractivity contribution in [1.29, 1.82) is 0 Å². The van der Waals surface area contributed by atoms with Gasteiger partial charge in [0.25, 0.3) is 0 Å². The Balaban J connectivity index is 2.06. The van der Waals surface area contributed by atoms with Crippen LogP contribution < -0.4 is 5.43 Å². The van der Waals surface area contributed by atoms with E-state index in [0.717, 1.165) is 38.3 Å². The van der Waals surface area contributed by atoms with E-state index in [1.807, 2.05) is 0 Å². The first-order valence-corrected chi connectivity index (χ1v) is 8.85. The molecule has 1 N–H and O–H groups in total. The molecule has 0 aromatic carbocycles. The summed E-state index contributed by atoms with van der Waals surface area (Å²) in [4.78, 5) is 14.2. The SMILES string of the molecule is CCCCCCn1cc(O)c(=O)cc1CN1CCCCCC1. The summed E-state index contributed by atoms with van der Waals surface area (Å²) in [6.07, 6.45) is 11.5. The van der Waals surface area contributed by atoms with Gasteiger partial charge in [0.05, 0.1) is 6.20 Å². The third-order valence-electron chi connectivity index (χ3n) is 4.53. The maximum absolute atomic E-state index is 11.8. The molecule has 0 spiro atoms. The van der Waals surface area contributed by atoms with Gasteiger partial charge in [0.2, 0.25) is 5.43 Å². The highest BCUT2D eigenvalue weighted by atomic mass is 16.3. The summed E-state index contributed by atoms with van der Waals surface area (Å²) in [6, 6.07) is 1.63. The fraction of sp³-hybridized carbons (Fsp3) is 0.722. The number of aromatic hydroxyl groups is 1. The minimum Gasteiger partial charge on any atom is -0.503 e. The number of unbranched alkanes of at least 4 members (excludes halogenated alkanes) is 3. The summed E-state index contributed by atoms with van der Waals surface area (Å²) < 4.78 is 2.08. The molecule has 0 unspecified atom stereocenters. The molecule has 1 aromatic rings. The first kappa shape index (κ1) is 17.1. The largest absolute Gasteiger partial charge is 0.503 e. The summed E-state index contributed by atoms with van der Waals surface area (Å²) in [5.74, 6) is -0.130. The number of hydrogen-bond donors (Lipinski definition) is 1. The van der Waals surface area contributed by atoms with E-state index in [1.54, 1.807) is 12.3 Å². The van der Waals surface area contributed by atoms with E-state index in [9.17, 15) is 9.90 Å². The molecule has 0 radical (unpaired) electrons. The maximum atomic E-state index is 11.8. The van der Waals surface area contributed by atoms with Crippen LogP contribution in [-0.4, -0.2) is 27.7 Å². The summed E-state index contributed by atoms with van der Waals surface area (Å²) in [7, 11) is 0. The molecule has 2 rings (SSSR count). The zero-order valence-electron chi connectivity index (χ0n) is 13.9. The fourth-order valence-corrected chi connectivity index (χ4v) is 3.18. The molecule has 0 atom stereocenters. The summed E-state index contributed by atoms with van der Waals surface area (Å²) in [5, 5.41) is 9.73. The van der Waals surface area contributed by atoms with Gasteiger partial charge in [0, 0.05) is 24.8 Å². The van der Waals surface area contributed by atoms with E-state index in [0.29, 0.717) is 0 Å². The van der Waals surface area contributed by atoms with Crippen molar-refractivity contribution in [2.75, 3.05) is 13.1 Å². The zero-order valence-corrected chi connectivity index (χ0v) is 13.9. The van der Waals surface area contributed by atoms with Gasteiger partial charge in [-0.3, -0.25) is 9.69 Å². The Bertz CT molecular complexity index is 502. The Morgan fingerprint density at radius 2 is 1.82 bits per heavy atom. The lowest BCUT2D eigenvalue weighted by atomic mass is 10.2. The maximum Gasteiger partial charge on any atom is 0.223 e. The van der Waals surface area contributed by atoms with Gasteiger partial charge >= 0.3 is 0 Å².